The zero-order valence-corrected chi connectivity index (χ0v) is 16.7. The summed E-state index contributed by atoms with van der Waals surface area (Å²) in [6, 6.07) is 13.6. The van der Waals surface area contributed by atoms with Crippen molar-refractivity contribution in [1.29, 1.82) is 0 Å². The van der Waals surface area contributed by atoms with E-state index in [4.69, 9.17) is 8.94 Å². The minimum Gasteiger partial charge on any atom is -0.467 e. The highest BCUT2D eigenvalue weighted by molar-refractivity contribution is 5.77. The number of amides is 1. The molecule has 0 aliphatic rings. The van der Waals surface area contributed by atoms with Gasteiger partial charge >= 0.3 is 0 Å². The Morgan fingerprint density at radius 1 is 1.00 bits per heavy atom. The molecule has 6 heteroatoms. The minimum absolute atomic E-state index is 0.0575. The zero-order chi connectivity index (χ0) is 19.9. The van der Waals surface area contributed by atoms with E-state index in [1.54, 1.807) is 11.2 Å². The third kappa shape index (κ3) is 4.27. The number of hydrogen-bond donors (Lipinski definition) is 0. The highest BCUT2D eigenvalue weighted by atomic mass is 16.5. The lowest BCUT2D eigenvalue weighted by atomic mass is 10.1. The van der Waals surface area contributed by atoms with Crippen LogP contribution in [0, 0.1) is 0 Å². The number of nitrogens with zero attached hydrogens (tertiary/aromatic N) is 3. The Bertz CT molecular complexity index is 868. The Kier molecular flexibility index (Phi) is 6.53. The topological polar surface area (TPSA) is 62.7 Å². The third-order valence-corrected chi connectivity index (χ3v) is 4.80. The van der Waals surface area contributed by atoms with E-state index < -0.39 is 0 Å². The Hall–Kier alpha value is -3.02. The van der Waals surface area contributed by atoms with Crippen LogP contribution in [0.4, 0.5) is 5.88 Å². The van der Waals surface area contributed by atoms with E-state index in [1.807, 2.05) is 49.4 Å². The number of benzene rings is 1. The van der Waals surface area contributed by atoms with Crippen molar-refractivity contribution < 1.29 is 13.7 Å². The van der Waals surface area contributed by atoms with Crippen molar-refractivity contribution in [3.63, 3.8) is 0 Å². The van der Waals surface area contributed by atoms with Gasteiger partial charge in [-0.05, 0) is 26.0 Å². The summed E-state index contributed by atoms with van der Waals surface area (Å²) < 4.78 is 11.2. The lowest BCUT2D eigenvalue weighted by molar-refractivity contribution is -0.132. The van der Waals surface area contributed by atoms with E-state index >= 15 is 0 Å². The van der Waals surface area contributed by atoms with Crippen molar-refractivity contribution in [1.82, 2.24) is 10.1 Å². The maximum absolute atomic E-state index is 12.7. The molecule has 0 bridgehead atoms. The van der Waals surface area contributed by atoms with Crippen molar-refractivity contribution in [3.8, 4) is 11.3 Å². The number of carbonyl (C=O) groups excluding carboxylic acids is 1. The Balaban J connectivity index is 2.01. The van der Waals surface area contributed by atoms with E-state index in [0.717, 1.165) is 41.6 Å². The zero-order valence-electron chi connectivity index (χ0n) is 16.7. The molecule has 0 N–H and O–H groups in total. The van der Waals surface area contributed by atoms with Crippen LogP contribution >= 0.6 is 0 Å². The van der Waals surface area contributed by atoms with Crippen LogP contribution in [-0.4, -0.2) is 29.1 Å². The Labute approximate surface area is 165 Å². The Morgan fingerprint density at radius 3 is 2.36 bits per heavy atom. The maximum atomic E-state index is 12.7. The number of carbonyl (C=O) groups is 1. The van der Waals surface area contributed by atoms with E-state index in [0.29, 0.717) is 19.5 Å². The Morgan fingerprint density at radius 2 is 1.75 bits per heavy atom. The summed E-state index contributed by atoms with van der Waals surface area (Å²) in [5, 5.41) is 4.36. The van der Waals surface area contributed by atoms with Gasteiger partial charge < -0.3 is 18.7 Å². The van der Waals surface area contributed by atoms with Gasteiger partial charge in [0.2, 0.25) is 11.8 Å². The average Bonchev–Trinajstić information content (AvgIpc) is 3.39. The molecule has 2 aromatic heterocycles. The van der Waals surface area contributed by atoms with Gasteiger partial charge in [0, 0.05) is 25.1 Å². The summed E-state index contributed by atoms with van der Waals surface area (Å²) in [6.45, 7) is 8.45. The van der Waals surface area contributed by atoms with Crippen molar-refractivity contribution >= 4 is 11.8 Å². The normalized spacial score (nSPS) is 10.8. The van der Waals surface area contributed by atoms with Gasteiger partial charge in [0.05, 0.1) is 24.9 Å². The largest absolute Gasteiger partial charge is 0.467 e. The minimum atomic E-state index is 0.0575. The van der Waals surface area contributed by atoms with Crippen LogP contribution in [0.3, 0.4) is 0 Å². The molecule has 0 aliphatic carbocycles. The van der Waals surface area contributed by atoms with Gasteiger partial charge in [-0.15, -0.1) is 0 Å². The van der Waals surface area contributed by atoms with Crippen LogP contribution < -0.4 is 4.90 Å². The molecule has 0 unspecified atom stereocenters. The number of aromatic nitrogens is 1. The molecule has 0 fully saturated rings. The molecule has 2 heterocycles. The van der Waals surface area contributed by atoms with E-state index in [2.05, 4.69) is 23.9 Å². The molecule has 3 aromatic rings. The molecule has 0 atom stereocenters. The fourth-order valence-electron chi connectivity index (χ4n) is 3.26. The first-order valence-corrected chi connectivity index (χ1v) is 9.76. The van der Waals surface area contributed by atoms with Gasteiger partial charge in [-0.25, -0.2) is 0 Å². The van der Waals surface area contributed by atoms with Crippen LogP contribution in [0.2, 0.25) is 0 Å². The first-order valence-electron chi connectivity index (χ1n) is 9.76. The molecular formula is C22H27N3O3. The second-order valence-corrected chi connectivity index (χ2v) is 6.54. The molecular weight excluding hydrogens is 354 g/mol. The molecule has 0 saturated carbocycles. The molecule has 28 heavy (non-hydrogen) atoms. The molecule has 1 amide bonds. The van der Waals surface area contributed by atoms with Crippen molar-refractivity contribution in [2.45, 2.75) is 40.3 Å². The van der Waals surface area contributed by atoms with E-state index in [1.165, 1.54) is 0 Å². The van der Waals surface area contributed by atoms with Crippen LogP contribution in [0.25, 0.3) is 11.3 Å². The SMILES string of the molecule is CCC(=O)N(Cc1ccco1)Cc1c(-c2ccccc2)noc1N(CC)CC. The maximum Gasteiger partial charge on any atom is 0.232 e. The number of rotatable bonds is 9. The first kappa shape index (κ1) is 19.7. The van der Waals surface area contributed by atoms with E-state index in [-0.39, 0.29) is 5.91 Å². The van der Waals surface area contributed by atoms with E-state index in [9.17, 15) is 4.79 Å². The molecule has 0 radical (unpaired) electrons. The standard InChI is InChI=1S/C22H27N3O3/c1-4-20(26)25(15-18-13-10-14-27-18)16-19-21(17-11-8-7-9-12-17)23-28-22(19)24(5-2)6-3/h7-14H,4-6,15-16H2,1-3H3. The molecule has 148 valence electrons. The molecule has 6 nitrogen and oxygen atoms in total. The number of furan rings is 1. The monoisotopic (exact) mass is 381 g/mol. The van der Waals surface area contributed by atoms with Gasteiger partial charge in [-0.3, -0.25) is 4.79 Å². The summed E-state index contributed by atoms with van der Waals surface area (Å²) in [5.74, 6) is 1.53. The van der Waals surface area contributed by atoms with Gasteiger partial charge in [0.25, 0.3) is 0 Å². The quantitative estimate of drug-likeness (QED) is 0.537. The smallest absolute Gasteiger partial charge is 0.232 e. The number of hydrogen-bond acceptors (Lipinski definition) is 5. The van der Waals surface area contributed by atoms with Crippen LogP contribution in [0.1, 0.15) is 38.5 Å². The van der Waals surface area contributed by atoms with Crippen LogP contribution in [0.15, 0.2) is 57.7 Å². The van der Waals surface area contributed by atoms with Crippen LogP contribution in [0.5, 0.6) is 0 Å². The lowest BCUT2D eigenvalue weighted by Gasteiger charge is -2.24. The molecule has 3 rings (SSSR count). The van der Waals surface area contributed by atoms with Crippen molar-refractivity contribution in [2.75, 3.05) is 18.0 Å². The molecule has 0 saturated heterocycles. The summed E-state index contributed by atoms with van der Waals surface area (Å²) in [6.07, 6.45) is 2.05. The second-order valence-electron chi connectivity index (χ2n) is 6.54. The first-order chi connectivity index (χ1) is 13.7. The molecule has 1 aromatic carbocycles. The predicted octanol–water partition coefficient (Wildman–Crippen LogP) is 4.72. The van der Waals surface area contributed by atoms with Gasteiger partial charge in [0.1, 0.15) is 11.5 Å². The van der Waals surface area contributed by atoms with Gasteiger partial charge in [0.15, 0.2) is 0 Å². The second kappa shape index (κ2) is 9.26. The highest BCUT2D eigenvalue weighted by Gasteiger charge is 2.25. The summed E-state index contributed by atoms with van der Waals surface area (Å²) in [5.41, 5.74) is 2.67. The summed E-state index contributed by atoms with van der Waals surface area (Å²) >= 11 is 0. The van der Waals surface area contributed by atoms with Gasteiger partial charge in [-0.2, -0.15) is 0 Å². The number of anilines is 1. The third-order valence-electron chi connectivity index (χ3n) is 4.80. The summed E-state index contributed by atoms with van der Waals surface area (Å²) in [7, 11) is 0. The van der Waals surface area contributed by atoms with Gasteiger partial charge in [-0.1, -0.05) is 42.4 Å². The lowest BCUT2D eigenvalue weighted by Crippen LogP contribution is -2.30. The molecule has 0 aliphatic heterocycles. The predicted molar refractivity (Wildman–Crippen MR) is 109 cm³/mol. The highest BCUT2D eigenvalue weighted by Crippen LogP contribution is 2.33. The van der Waals surface area contributed by atoms with Crippen molar-refractivity contribution in [3.05, 3.63) is 60.1 Å². The van der Waals surface area contributed by atoms with Crippen LogP contribution in [-0.2, 0) is 17.9 Å². The fourth-order valence-corrected chi connectivity index (χ4v) is 3.26. The molecule has 0 spiro atoms. The average molecular weight is 381 g/mol. The summed E-state index contributed by atoms with van der Waals surface area (Å²) in [4.78, 5) is 16.6. The van der Waals surface area contributed by atoms with Crippen molar-refractivity contribution in [2.24, 2.45) is 0 Å². The fraction of sp³-hybridized carbons (Fsp3) is 0.364.